The number of carbonyl (C=O) groups excluding carboxylic acids is 1. The maximum atomic E-state index is 12.3. The summed E-state index contributed by atoms with van der Waals surface area (Å²) in [6.07, 6.45) is 2.54. The highest BCUT2D eigenvalue weighted by Gasteiger charge is 2.20. The molecule has 1 N–H and O–H groups in total. The number of hydrogen-bond acceptors (Lipinski definition) is 5. The Labute approximate surface area is 188 Å². The van der Waals surface area contributed by atoms with Crippen LogP contribution in [0.3, 0.4) is 0 Å². The van der Waals surface area contributed by atoms with Crippen molar-refractivity contribution < 1.29 is 17.9 Å². The Morgan fingerprint density at radius 3 is 2.28 bits per heavy atom. The third-order valence-electron chi connectivity index (χ3n) is 4.54. The summed E-state index contributed by atoms with van der Waals surface area (Å²) in [7, 11) is -3.63. The minimum Gasteiger partial charge on any atom is -0.489 e. The number of carbonyl (C=O) groups is 1. The number of benzene rings is 3. The lowest BCUT2D eigenvalue weighted by Crippen LogP contribution is -2.39. The van der Waals surface area contributed by atoms with E-state index >= 15 is 0 Å². The van der Waals surface area contributed by atoms with Gasteiger partial charge in [0.1, 0.15) is 18.9 Å². The average molecular weight is 452 g/mol. The lowest BCUT2D eigenvalue weighted by molar-refractivity contribution is -0.119. The largest absolute Gasteiger partial charge is 0.489 e. The molecule has 0 unspecified atom stereocenters. The fourth-order valence-electron chi connectivity index (χ4n) is 2.85. The first-order chi connectivity index (χ1) is 15.3. The second-order valence-corrected chi connectivity index (χ2v) is 9.15. The second kappa shape index (κ2) is 10.6. The molecule has 32 heavy (non-hydrogen) atoms. The van der Waals surface area contributed by atoms with Crippen LogP contribution in [0, 0.1) is 6.92 Å². The maximum absolute atomic E-state index is 12.3. The predicted octanol–water partition coefficient (Wildman–Crippen LogP) is 3.49. The molecule has 0 aliphatic carbocycles. The van der Waals surface area contributed by atoms with Crippen molar-refractivity contribution >= 4 is 27.8 Å². The number of aryl methyl sites for hydroxylation is 1. The van der Waals surface area contributed by atoms with Crippen LogP contribution in [0.5, 0.6) is 5.75 Å². The van der Waals surface area contributed by atoms with Crippen molar-refractivity contribution in [1.29, 1.82) is 0 Å². The molecule has 1 amide bonds. The summed E-state index contributed by atoms with van der Waals surface area (Å²) in [5.74, 6) is 0.173. The van der Waals surface area contributed by atoms with Gasteiger partial charge in [0.15, 0.2) is 0 Å². The third-order valence-corrected chi connectivity index (χ3v) is 5.68. The molecule has 0 radical (unpaired) electrons. The summed E-state index contributed by atoms with van der Waals surface area (Å²) in [4.78, 5) is 12.3. The predicted molar refractivity (Wildman–Crippen MR) is 126 cm³/mol. The normalized spacial score (nSPS) is 11.3. The van der Waals surface area contributed by atoms with Gasteiger partial charge in [-0.25, -0.2) is 13.8 Å². The summed E-state index contributed by atoms with van der Waals surface area (Å²) in [6, 6.07) is 24.0. The van der Waals surface area contributed by atoms with Crippen LogP contribution in [0.2, 0.25) is 0 Å². The highest BCUT2D eigenvalue weighted by Crippen LogP contribution is 2.18. The Morgan fingerprint density at radius 1 is 1.00 bits per heavy atom. The topological polar surface area (TPSA) is 88.1 Å². The Balaban J connectivity index is 1.54. The van der Waals surface area contributed by atoms with Crippen molar-refractivity contribution in [2.45, 2.75) is 13.5 Å². The van der Waals surface area contributed by atoms with Gasteiger partial charge in [-0.1, -0.05) is 48.0 Å². The number of nitrogens with zero attached hydrogens (tertiary/aromatic N) is 2. The zero-order valence-electron chi connectivity index (χ0n) is 17.9. The van der Waals surface area contributed by atoms with Crippen molar-refractivity contribution in [1.82, 2.24) is 5.43 Å². The standard InChI is InChI=1S/C24H25N3O4S/c1-19-8-12-22(13-9-19)27(32(2,29)30)17-24(28)26-25-16-20-10-14-23(15-11-20)31-18-21-6-4-3-5-7-21/h3-16H,17-18H2,1-2H3,(H,26,28)/b25-16-. The monoisotopic (exact) mass is 451 g/mol. The molecule has 166 valence electrons. The molecule has 0 aromatic heterocycles. The number of hydrogen-bond donors (Lipinski definition) is 1. The highest BCUT2D eigenvalue weighted by atomic mass is 32.2. The van der Waals surface area contributed by atoms with E-state index in [1.54, 1.807) is 24.3 Å². The molecular weight excluding hydrogens is 426 g/mol. The summed E-state index contributed by atoms with van der Waals surface area (Å²) >= 11 is 0. The summed E-state index contributed by atoms with van der Waals surface area (Å²) < 4.78 is 31.0. The van der Waals surface area contributed by atoms with E-state index in [-0.39, 0.29) is 6.54 Å². The van der Waals surface area contributed by atoms with E-state index in [0.29, 0.717) is 12.3 Å². The van der Waals surface area contributed by atoms with Gasteiger partial charge in [-0.2, -0.15) is 5.10 Å². The Morgan fingerprint density at radius 2 is 1.66 bits per heavy atom. The van der Waals surface area contributed by atoms with E-state index in [2.05, 4.69) is 10.5 Å². The Hall–Kier alpha value is -3.65. The number of rotatable bonds is 9. The summed E-state index contributed by atoms with van der Waals surface area (Å²) in [5, 5.41) is 3.92. The number of sulfonamides is 1. The molecule has 7 nitrogen and oxygen atoms in total. The molecule has 0 saturated heterocycles. The molecule has 3 aromatic carbocycles. The van der Waals surface area contributed by atoms with Crippen LogP contribution in [0.1, 0.15) is 16.7 Å². The molecule has 0 bridgehead atoms. The third kappa shape index (κ3) is 6.95. The number of amides is 1. The van der Waals surface area contributed by atoms with Gasteiger partial charge in [-0.15, -0.1) is 0 Å². The number of anilines is 1. The quantitative estimate of drug-likeness (QED) is 0.398. The fourth-order valence-corrected chi connectivity index (χ4v) is 3.70. The zero-order chi connectivity index (χ0) is 23.0. The first kappa shape index (κ1) is 23.0. The molecule has 0 fully saturated rings. The van der Waals surface area contributed by atoms with Crippen molar-refractivity contribution in [2.75, 3.05) is 17.1 Å². The SMILES string of the molecule is Cc1ccc(N(CC(=O)N/N=C\c2ccc(OCc3ccccc3)cc2)S(C)(=O)=O)cc1. The fraction of sp³-hybridized carbons (Fsp3) is 0.167. The van der Waals surface area contributed by atoms with Crippen molar-refractivity contribution in [3.8, 4) is 5.75 Å². The van der Waals surface area contributed by atoms with Gasteiger partial charge in [0.25, 0.3) is 5.91 Å². The van der Waals surface area contributed by atoms with Gasteiger partial charge in [-0.3, -0.25) is 9.10 Å². The lowest BCUT2D eigenvalue weighted by atomic mass is 10.2. The van der Waals surface area contributed by atoms with E-state index in [1.807, 2.05) is 61.5 Å². The van der Waals surface area contributed by atoms with Gasteiger partial charge >= 0.3 is 0 Å². The maximum Gasteiger partial charge on any atom is 0.260 e. The molecule has 0 heterocycles. The van der Waals surface area contributed by atoms with Crippen LogP contribution in [0.15, 0.2) is 84.0 Å². The molecule has 0 spiro atoms. The molecule has 0 aliphatic heterocycles. The van der Waals surface area contributed by atoms with Crippen molar-refractivity contribution in [2.24, 2.45) is 5.10 Å². The Bertz CT molecular complexity index is 1160. The molecule has 0 aliphatic rings. The number of hydrazone groups is 1. The van der Waals surface area contributed by atoms with Gasteiger partial charge in [0.05, 0.1) is 18.2 Å². The lowest BCUT2D eigenvalue weighted by Gasteiger charge is -2.21. The Kier molecular flexibility index (Phi) is 7.62. The summed E-state index contributed by atoms with van der Waals surface area (Å²) in [5.41, 5.74) is 5.62. The van der Waals surface area contributed by atoms with Crippen LogP contribution >= 0.6 is 0 Å². The van der Waals surface area contributed by atoms with E-state index in [0.717, 1.165) is 33.0 Å². The minimum absolute atomic E-state index is 0.370. The first-order valence-corrected chi connectivity index (χ1v) is 11.8. The van der Waals surface area contributed by atoms with Crippen LogP contribution in [0.4, 0.5) is 5.69 Å². The van der Waals surface area contributed by atoms with Gasteiger partial charge < -0.3 is 4.74 Å². The summed E-state index contributed by atoms with van der Waals surface area (Å²) in [6.45, 7) is 2.01. The van der Waals surface area contributed by atoms with E-state index in [9.17, 15) is 13.2 Å². The van der Waals surface area contributed by atoms with Crippen molar-refractivity contribution in [3.63, 3.8) is 0 Å². The van der Waals surface area contributed by atoms with Gasteiger partial charge in [-0.05, 0) is 54.4 Å². The number of nitrogens with one attached hydrogen (secondary N) is 1. The van der Waals surface area contributed by atoms with Gasteiger partial charge in [0, 0.05) is 0 Å². The molecule has 0 saturated carbocycles. The minimum atomic E-state index is -3.63. The van der Waals surface area contributed by atoms with E-state index in [4.69, 9.17) is 4.74 Å². The average Bonchev–Trinajstić information content (AvgIpc) is 2.78. The smallest absolute Gasteiger partial charge is 0.260 e. The number of ether oxygens (including phenoxy) is 1. The van der Waals surface area contributed by atoms with Crippen LogP contribution in [-0.2, 0) is 21.4 Å². The molecule has 3 aromatic rings. The highest BCUT2D eigenvalue weighted by molar-refractivity contribution is 7.92. The van der Waals surface area contributed by atoms with Crippen LogP contribution < -0.4 is 14.5 Å². The molecule has 3 rings (SSSR count). The van der Waals surface area contributed by atoms with Crippen LogP contribution in [0.25, 0.3) is 0 Å². The van der Waals surface area contributed by atoms with Crippen molar-refractivity contribution in [3.05, 3.63) is 95.6 Å². The van der Waals surface area contributed by atoms with E-state index in [1.165, 1.54) is 6.21 Å². The van der Waals surface area contributed by atoms with Gasteiger partial charge in [0.2, 0.25) is 10.0 Å². The second-order valence-electron chi connectivity index (χ2n) is 7.24. The zero-order valence-corrected chi connectivity index (χ0v) is 18.7. The van der Waals surface area contributed by atoms with Crippen LogP contribution in [-0.4, -0.2) is 33.3 Å². The molecule has 0 atom stereocenters. The molecule has 8 heteroatoms. The van der Waals surface area contributed by atoms with E-state index < -0.39 is 15.9 Å². The first-order valence-electron chi connectivity index (χ1n) is 9.94. The molecular formula is C24H25N3O4S.